The molecule has 3 nitrogen and oxygen atoms in total. The molecule has 0 spiro atoms. The van der Waals surface area contributed by atoms with Gasteiger partial charge in [-0.15, -0.1) is 5.10 Å². The third kappa shape index (κ3) is 0.985. The van der Waals surface area contributed by atoms with Crippen molar-refractivity contribution in [3.05, 3.63) is 21.9 Å². The van der Waals surface area contributed by atoms with Gasteiger partial charge in [0.2, 0.25) is 0 Å². The first kappa shape index (κ1) is 6.09. The second-order valence-corrected chi connectivity index (χ2v) is 3.54. The van der Waals surface area contributed by atoms with Crippen LogP contribution >= 0.6 is 21.0 Å². The highest BCUT2D eigenvalue weighted by atomic mass is 127. The van der Waals surface area contributed by atoms with Gasteiger partial charge in [0.25, 0.3) is 0 Å². The molecule has 1 aliphatic heterocycles. The van der Waals surface area contributed by atoms with Crippen molar-refractivity contribution in [3.63, 3.8) is 0 Å². The number of nitrogens with zero attached hydrogens (tertiary/aromatic N) is 3. The summed E-state index contributed by atoms with van der Waals surface area (Å²) in [5.41, 5.74) is 1.08. The summed E-state index contributed by atoms with van der Waals surface area (Å²) in [6, 6.07) is 1.92. The minimum Gasteiger partial charge on any atom is -0.200 e. The number of halogens is 1. The van der Waals surface area contributed by atoms with E-state index in [9.17, 15) is 0 Å². The molecule has 10 heavy (non-hydrogen) atoms. The second kappa shape index (κ2) is 2.53. The van der Waals surface area contributed by atoms with E-state index in [2.05, 4.69) is 23.5 Å². The number of rotatable bonds is 0. The van der Waals surface area contributed by atoms with Gasteiger partial charge in [0.1, 0.15) is 0 Å². The quantitative estimate of drug-likeness (QED) is 0.657. The van der Waals surface area contributed by atoms with Crippen LogP contribution in [0.2, 0.25) is 0 Å². The lowest BCUT2D eigenvalue weighted by Crippen LogP contribution is -1.82. The molecule has 1 aliphatic rings. The summed E-state index contributed by atoms with van der Waals surface area (Å²) in [6.07, 6.45) is 3.74. The highest BCUT2D eigenvalue weighted by Gasteiger charge is 1.99. The second-order valence-electron chi connectivity index (χ2n) is 1.78. The van der Waals surface area contributed by atoms with E-state index in [-0.39, 0.29) is 21.0 Å². The van der Waals surface area contributed by atoms with Gasteiger partial charge in [-0.3, -0.25) is 0 Å². The summed E-state index contributed by atoms with van der Waals surface area (Å²) < 4.78 is 6.36. The zero-order valence-electron chi connectivity index (χ0n) is 5.03. The van der Waals surface area contributed by atoms with Crippen molar-refractivity contribution in [2.24, 2.45) is 3.15 Å². The van der Waals surface area contributed by atoms with Crippen LogP contribution in [0.25, 0.3) is 6.08 Å². The fraction of sp³-hybridized carbons (Fsp3) is 0. The Hall–Kier alpha value is -0.650. The molecule has 0 fully saturated rings. The summed E-state index contributed by atoms with van der Waals surface area (Å²) in [6.45, 7) is 0. The predicted molar refractivity (Wildman–Crippen MR) is 47.2 cm³/mol. The van der Waals surface area contributed by atoms with Gasteiger partial charge in [0.05, 0.1) is 6.20 Å². The highest BCUT2D eigenvalue weighted by molar-refractivity contribution is 14.2. The SMILES string of the molecule is C1=Cc2ccnnc2N=I1. The minimum absolute atomic E-state index is 0.132. The van der Waals surface area contributed by atoms with E-state index >= 15 is 0 Å². The average Bonchev–Trinajstić information content (AvgIpc) is 2.05. The molecule has 0 saturated heterocycles. The maximum Gasteiger partial charge on any atom is 0.187 e. The Morgan fingerprint density at radius 3 is 3.30 bits per heavy atom. The van der Waals surface area contributed by atoms with Crippen LogP contribution in [0.15, 0.2) is 19.5 Å². The van der Waals surface area contributed by atoms with Crippen molar-refractivity contribution in [1.29, 1.82) is 0 Å². The van der Waals surface area contributed by atoms with Gasteiger partial charge in [-0.2, -0.15) is 8.24 Å². The monoisotopic (exact) mass is 245 g/mol. The normalized spacial score (nSPS) is 14.0. The van der Waals surface area contributed by atoms with Crippen molar-refractivity contribution in [2.45, 2.75) is 0 Å². The van der Waals surface area contributed by atoms with Crippen LogP contribution in [0.4, 0.5) is 5.82 Å². The Labute approximate surface area is 68.3 Å². The Bertz CT molecular complexity index is 275. The van der Waals surface area contributed by atoms with Crippen molar-refractivity contribution < 1.29 is 0 Å². The van der Waals surface area contributed by atoms with Crippen molar-refractivity contribution in [3.8, 4) is 0 Å². The van der Waals surface area contributed by atoms with E-state index in [4.69, 9.17) is 0 Å². The summed E-state index contributed by atoms with van der Waals surface area (Å²) in [5, 5.41) is 7.62. The fourth-order valence-corrected chi connectivity index (χ4v) is 2.05. The molecule has 0 N–H and O–H groups in total. The number of fused-ring (bicyclic) bond motifs is 1. The van der Waals surface area contributed by atoms with E-state index in [1.165, 1.54) is 0 Å². The van der Waals surface area contributed by atoms with Gasteiger partial charge in [-0.1, -0.05) is 0 Å². The minimum atomic E-state index is -0.132. The average molecular weight is 245 g/mol. The third-order valence-corrected chi connectivity index (χ3v) is 2.58. The van der Waals surface area contributed by atoms with Crippen LogP contribution in [0.1, 0.15) is 5.56 Å². The molecule has 0 amide bonds. The zero-order chi connectivity index (χ0) is 6.81. The molecule has 2 heterocycles. The van der Waals surface area contributed by atoms with Crippen LogP contribution < -0.4 is 0 Å². The van der Waals surface area contributed by atoms with Gasteiger partial charge in [0, 0.05) is 26.6 Å². The van der Waals surface area contributed by atoms with Gasteiger partial charge >= 0.3 is 0 Å². The molecule has 1 aromatic heterocycles. The molecule has 0 bridgehead atoms. The van der Waals surface area contributed by atoms with Gasteiger partial charge in [0.15, 0.2) is 5.82 Å². The Kier molecular flexibility index (Phi) is 1.54. The molecule has 0 unspecified atom stereocenters. The standard InChI is InChI=1S/C6H4IN3/c1-3-7-9-6-5(1)2-4-8-10-6/h1-4H. The molecule has 0 atom stereocenters. The van der Waals surface area contributed by atoms with Gasteiger partial charge in [-0.05, 0) is 16.2 Å². The summed E-state index contributed by atoms with van der Waals surface area (Å²) in [4.78, 5) is 0. The maximum absolute atomic E-state index is 4.24. The summed E-state index contributed by atoms with van der Waals surface area (Å²) >= 11 is -0.132. The maximum atomic E-state index is 4.24. The van der Waals surface area contributed by atoms with Crippen LogP contribution in [-0.4, -0.2) is 10.2 Å². The molecule has 0 aliphatic carbocycles. The molecule has 4 heteroatoms. The lowest BCUT2D eigenvalue weighted by molar-refractivity contribution is 1.03. The topological polar surface area (TPSA) is 38.1 Å². The molecule has 0 aromatic carbocycles. The first-order valence-corrected chi connectivity index (χ1v) is 5.00. The van der Waals surface area contributed by atoms with Gasteiger partial charge < -0.3 is 0 Å². The molecule has 0 saturated carbocycles. The van der Waals surface area contributed by atoms with Crippen LogP contribution in [0, 0.1) is 0 Å². The Balaban J connectivity index is 2.65. The largest absolute Gasteiger partial charge is 0.200 e. The summed E-state index contributed by atoms with van der Waals surface area (Å²) in [7, 11) is 0. The molecule has 0 radical (unpaired) electrons. The molecular weight excluding hydrogens is 241 g/mol. The van der Waals surface area contributed by atoms with E-state index in [0.717, 1.165) is 11.4 Å². The molecule has 2 rings (SSSR count). The smallest absolute Gasteiger partial charge is 0.187 e. The number of hydrogen-bond acceptors (Lipinski definition) is 3. The van der Waals surface area contributed by atoms with Crippen molar-refractivity contribution >= 4 is 32.9 Å². The third-order valence-electron chi connectivity index (χ3n) is 1.16. The van der Waals surface area contributed by atoms with Crippen LogP contribution in [-0.2, 0) is 0 Å². The van der Waals surface area contributed by atoms with Crippen molar-refractivity contribution in [1.82, 2.24) is 10.2 Å². The van der Waals surface area contributed by atoms with Crippen LogP contribution in [0.3, 0.4) is 0 Å². The Morgan fingerprint density at radius 2 is 2.40 bits per heavy atom. The first-order valence-electron chi connectivity index (χ1n) is 2.79. The van der Waals surface area contributed by atoms with Crippen molar-refractivity contribution in [2.75, 3.05) is 0 Å². The Morgan fingerprint density at radius 1 is 1.40 bits per heavy atom. The van der Waals surface area contributed by atoms with Gasteiger partial charge in [-0.25, -0.2) is 0 Å². The lowest BCUT2D eigenvalue weighted by Gasteiger charge is -1.97. The van der Waals surface area contributed by atoms with Crippen LogP contribution in [0.5, 0.6) is 0 Å². The summed E-state index contributed by atoms with van der Waals surface area (Å²) in [5.74, 6) is 0.804. The molecular formula is C6H4IN3. The predicted octanol–water partition coefficient (Wildman–Crippen LogP) is 2.25. The van der Waals surface area contributed by atoms with E-state index in [1.807, 2.05) is 6.07 Å². The molecule has 1 aromatic rings. The van der Waals surface area contributed by atoms with E-state index in [1.54, 1.807) is 6.20 Å². The van der Waals surface area contributed by atoms with E-state index < -0.39 is 0 Å². The van der Waals surface area contributed by atoms with E-state index in [0.29, 0.717) is 0 Å². The first-order chi connectivity index (χ1) is 4.97. The zero-order valence-corrected chi connectivity index (χ0v) is 7.19. The number of aromatic nitrogens is 2. The fourth-order valence-electron chi connectivity index (χ4n) is 0.700. The lowest BCUT2D eigenvalue weighted by atomic mass is 10.3. The highest BCUT2D eigenvalue weighted by Crippen LogP contribution is 2.26. The number of hydrogen-bond donors (Lipinski definition) is 0. The molecule has 50 valence electrons.